The largest absolute Gasteiger partial charge is 0.340 e. The van der Waals surface area contributed by atoms with E-state index in [0.29, 0.717) is 5.56 Å². The third-order valence-corrected chi connectivity index (χ3v) is 6.68. The Morgan fingerprint density at radius 1 is 1.36 bits per heavy atom. The van der Waals surface area contributed by atoms with Gasteiger partial charge in [-0.1, -0.05) is 24.3 Å². The zero-order valence-corrected chi connectivity index (χ0v) is 17.7. The third kappa shape index (κ3) is 4.95. The van der Waals surface area contributed by atoms with Gasteiger partial charge in [-0.25, -0.2) is 18.5 Å². The highest BCUT2D eigenvalue weighted by molar-refractivity contribution is 7.99. The van der Waals surface area contributed by atoms with E-state index in [-0.39, 0.29) is 23.0 Å². The van der Waals surface area contributed by atoms with Crippen molar-refractivity contribution in [1.82, 2.24) is 14.9 Å². The maximum atomic E-state index is 12.7. The lowest BCUT2D eigenvalue weighted by Crippen LogP contribution is -2.42. The predicted octanol–water partition coefficient (Wildman–Crippen LogP) is 2.67. The first-order valence-electron chi connectivity index (χ1n) is 9.26. The number of amides is 1. The van der Waals surface area contributed by atoms with Crippen molar-refractivity contribution >= 4 is 27.7 Å². The predicted molar refractivity (Wildman–Crippen MR) is 112 cm³/mol. The van der Waals surface area contributed by atoms with Crippen LogP contribution in [0.3, 0.4) is 0 Å². The number of piperidine rings is 1. The molecule has 3 rings (SSSR count). The number of nitrogens with one attached hydrogen (secondary N) is 1. The Morgan fingerprint density at radius 3 is 2.71 bits per heavy atom. The zero-order valence-electron chi connectivity index (χ0n) is 16.1. The number of rotatable bonds is 6. The van der Waals surface area contributed by atoms with Gasteiger partial charge in [0.05, 0.1) is 28.9 Å². The maximum absolute atomic E-state index is 12.7. The fourth-order valence-electron chi connectivity index (χ4n) is 3.48. The topological polar surface area (TPSA) is 109 Å². The number of imidazole rings is 1. The summed E-state index contributed by atoms with van der Waals surface area (Å²) in [4.78, 5) is 22.6. The number of benzene rings is 1. The van der Waals surface area contributed by atoms with Gasteiger partial charge in [-0.15, -0.1) is 0 Å². The van der Waals surface area contributed by atoms with Crippen LogP contribution in [-0.2, 0) is 20.6 Å². The number of carbonyl (C=O) groups excluding carboxylic acids is 1. The number of thioether (sulfide) groups is 1. The van der Waals surface area contributed by atoms with Crippen LogP contribution in [0.1, 0.15) is 43.6 Å². The SMILES string of the molecule is CSC(C)C(=O)N1CCCCC1c1ncc(-c2ccc(CS(N)(=O)=O)cc2)[nH]1. The Morgan fingerprint density at radius 2 is 2.07 bits per heavy atom. The molecule has 2 unspecified atom stereocenters. The quantitative estimate of drug-likeness (QED) is 0.744. The van der Waals surface area contributed by atoms with Crippen LogP contribution in [-0.4, -0.2) is 47.2 Å². The molecule has 1 aromatic carbocycles. The summed E-state index contributed by atoms with van der Waals surface area (Å²) in [6.07, 6.45) is 6.70. The van der Waals surface area contributed by atoms with Gasteiger partial charge in [-0.2, -0.15) is 11.8 Å². The minimum atomic E-state index is -3.55. The number of sulfonamides is 1. The minimum Gasteiger partial charge on any atom is -0.340 e. The van der Waals surface area contributed by atoms with Gasteiger partial charge in [0.1, 0.15) is 5.82 Å². The van der Waals surface area contributed by atoms with Crippen molar-refractivity contribution in [3.8, 4) is 11.3 Å². The van der Waals surface area contributed by atoms with E-state index in [1.807, 2.05) is 30.2 Å². The Labute approximate surface area is 170 Å². The second-order valence-corrected chi connectivity index (χ2v) is 9.90. The van der Waals surface area contributed by atoms with Crippen LogP contribution in [0.15, 0.2) is 30.5 Å². The van der Waals surface area contributed by atoms with E-state index in [1.54, 1.807) is 30.1 Å². The van der Waals surface area contributed by atoms with Crippen molar-refractivity contribution in [3.05, 3.63) is 41.9 Å². The second-order valence-electron chi connectivity index (χ2n) is 7.11. The molecule has 2 aromatic rings. The monoisotopic (exact) mass is 422 g/mol. The number of hydrogen-bond donors (Lipinski definition) is 2. The Bertz CT molecular complexity index is 925. The van der Waals surface area contributed by atoms with Crippen LogP contribution in [0, 0.1) is 0 Å². The van der Waals surface area contributed by atoms with Crippen LogP contribution in [0.4, 0.5) is 0 Å². The zero-order chi connectivity index (χ0) is 20.3. The molecule has 3 N–H and O–H groups in total. The van der Waals surface area contributed by atoms with Crippen molar-refractivity contribution in [2.45, 2.75) is 43.2 Å². The summed E-state index contributed by atoms with van der Waals surface area (Å²) in [6.45, 7) is 2.70. The lowest BCUT2D eigenvalue weighted by Gasteiger charge is -2.36. The van der Waals surface area contributed by atoms with Crippen LogP contribution in [0.5, 0.6) is 0 Å². The summed E-state index contributed by atoms with van der Waals surface area (Å²) in [7, 11) is -3.55. The van der Waals surface area contributed by atoms with Crippen molar-refractivity contribution in [1.29, 1.82) is 0 Å². The number of primary sulfonamides is 1. The van der Waals surface area contributed by atoms with E-state index in [2.05, 4.69) is 9.97 Å². The van der Waals surface area contributed by atoms with Gasteiger partial charge in [0.25, 0.3) is 0 Å². The number of likely N-dealkylation sites (tertiary alicyclic amines) is 1. The van der Waals surface area contributed by atoms with Crippen LogP contribution in [0.2, 0.25) is 0 Å². The molecule has 1 saturated heterocycles. The molecule has 0 radical (unpaired) electrons. The highest BCUT2D eigenvalue weighted by atomic mass is 32.2. The normalized spacial score (nSPS) is 18.8. The van der Waals surface area contributed by atoms with Gasteiger partial charge >= 0.3 is 0 Å². The standard InChI is InChI=1S/C19H26N4O3S2/c1-13(27-2)19(24)23-10-4-3-5-17(23)18-21-11-16(22-18)15-8-6-14(7-9-15)12-28(20,25)26/h6-9,11,13,17H,3-5,10,12H2,1-2H3,(H,21,22)(H2,20,25,26). The lowest BCUT2D eigenvalue weighted by molar-refractivity contribution is -0.134. The first kappa shape index (κ1) is 20.9. The summed E-state index contributed by atoms with van der Waals surface area (Å²) < 4.78 is 22.4. The van der Waals surface area contributed by atoms with E-state index in [9.17, 15) is 13.2 Å². The summed E-state index contributed by atoms with van der Waals surface area (Å²) in [5.41, 5.74) is 2.39. The smallest absolute Gasteiger partial charge is 0.236 e. The van der Waals surface area contributed by atoms with Crippen LogP contribution in [0.25, 0.3) is 11.3 Å². The molecule has 1 aromatic heterocycles. The fraction of sp³-hybridized carbons (Fsp3) is 0.474. The number of H-pyrrole nitrogens is 1. The third-order valence-electron chi connectivity index (χ3n) is 5.03. The fourth-order valence-corrected chi connectivity index (χ4v) is 4.47. The highest BCUT2D eigenvalue weighted by Gasteiger charge is 2.32. The van der Waals surface area contributed by atoms with E-state index in [0.717, 1.165) is 42.9 Å². The minimum absolute atomic E-state index is 0.0359. The molecule has 9 heteroatoms. The summed E-state index contributed by atoms with van der Waals surface area (Å²) in [5.74, 6) is 0.765. The van der Waals surface area contributed by atoms with Crippen molar-refractivity contribution in [2.75, 3.05) is 12.8 Å². The molecule has 1 aliphatic rings. The van der Waals surface area contributed by atoms with Gasteiger partial charge in [-0.3, -0.25) is 4.79 Å². The van der Waals surface area contributed by atoms with E-state index < -0.39 is 10.0 Å². The van der Waals surface area contributed by atoms with Gasteiger partial charge in [0.15, 0.2) is 0 Å². The molecule has 1 aliphatic heterocycles. The lowest BCUT2D eigenvalue weighted by atomic mass is 10.0. The van der Waals surface area contributed by atoms with E-state index >= 15 is 0 Å². The number of nitrogens with two attached hydrogens (primary N) is 1. The molecular weight excluding hydrogens is 396 g/mol. The van der Waals surface area contributed by atoms with Crippen LogP contribution < -0.4 is 5.14 Å². The van der Waals surface area contributed by atoms with Crippen LogP contribution >= 0.6 is 11.8 Å². The van der Waals surface area contributed by atoms with Gasteiger partial charge in [0, 0.05) is 6.54 Å². The molecule has 0 aliphatic carbocycles. The van der Waals surface area contributed by atoms with E-state index in [1.165, 1.54) is 0 Å². The van der Waals surface area contributed by atoms with Gasteiger partial charge < -0.3 is 9.88 Å². The molecule has 1 amide bonds. The highest BCUT2D eigenvalue weighted by Crippen LogP contribution is 2.32. The maximum Gasteiger partial charge on any atom is 0.236 e. The Kier molecular flexibility index (Phi) is 6.47. The number of carbonyl (C=O) groups is 1. The van der Waals surface area contributed by atoms with E-state index in [4.69, 9.17) is 5.14 Å². The summed E-state index contributed by atoms with van der Waals surface area (Å²) in [6, 6.07) is 7.15. The first-order valence-corrected chi connectivity index (χ1v) is 12.3. The number of hydrogen-bond acceptors (Lipinski definition) is 5. The van der Waals surface area contributed by atoms with Crippen molar-refractivity contribution in [3.63, 3.8) is 0 Å². The Balaban J connectivity index is 1.79. The van der Waals surface area contributed by atoms with Crippen molar-refractivity contribution < 1.29 is 13.2 Å². The first-order chi connectivity index (χ1) is 13.3. The number of aromatic amines is 1. The van der Waals surface area contributed by atoms with Crippen molar-refractivity contribution in [2.24, 2.45) is 5.14 Å². The average Bonchev–Trinajstić information content (AvgIpc) is 3.16. The molecular formula is C19H26N4O3S2. The number of aromatic nitrogens is 2. The molecule has 0 bridgehead atoms. The van der Waals surface area contributed by atoms with Gasteiger partial charge in [-0.05, 0) is 43.6 Å². The molecule has 7 nitrogen and oxygen atoms in total. The molecule has 1 fully saturated rings. The molecule has 152 valence electrons. The molecule has 0 saturated carbocycles. The molecule has 28 heavy (non-hydrogen) atoms. The molecule has 2 heterocycles. The molecule has 2 atom stereocenters. The Hall–Kier alpha value is -1.84. The number of nitrogens with zero attached hydrogens (tertiary/aromatic N) is 2. The summed E-state index contributed by atoms with van der Waals surface area (Å²) in [5, 5.41) is 5.03. The van der Waals surface area contributed by atoms with Gasteiger partial charge in [0.2, 0.25) is 15.9 Å². The molecule has 0 spiro atoms. The average molecular weight is 423 g/mol. The summed E-state index contributed by atoms with van der Waals surface area (Å²) >= 11 is 1.56. The second kappa shape index (κ2) is 8.67.